The molecule has 2 aromatic rings. The lowest BCUT2D eigenvalue weighted by molar-refractivity contribution is -0.128. The molecule has 0 saturated carbocycles. The minimum absolute atomic E-state index is 0.0247. The van der Waals surface area contributed by atoms with Gasteiger partial charge in [-0.25, -0.2) is 0 Å². The van der Waals surface area contributed by atoms with Gasteiger partial charge in [0.2, 0.25) is 0 Å². The van der Waals surface area contributed by atoms with E-state index in [2.05, 4.69) is 36.5 Å². The lowest BCUT2D eigenvalue weighted by Crippen LogP contribution is -2.40. The van der Waals surface area contributed by atoms with Gasteiger partial charge < -0.3 is 10.1 Å². The molecule has 0 unspecified atom stereocenters. The molecule has 150 valence electrons. The fourth-order valence-corrected chi connectivity index (χ4v) is 4.14. The zero-order valence-corrected chi connectivity index (χ0v) is 17.7. The zero-order chi connectivity index (χ0) is 20.1. The molecule has 3 nitrogen and oxygen atoms in total. The van der Waals surface area contributed by atoms with Gasteiger partial charge >= 0.3 is 0 Å². The summed E-state index contributed by atoms with van der Waals surface area (Å²) in [6.07, 6.45) is 5.91. The Bertz CT molecular complexity index is 807. The van der Waals surface area contributed by atoms with Crippen molar-refractivity contribution in [2.75, 3.05) is 0 Å². The van der Waals surface area contributed by atoms with E-state index in [1.54, 1.807) is 0 Å². The van der Waals surface area contributed by atoms with Gasteiger partial charge in [0.05, 0.1) is 6.04 Å². The Kier molecular flexibility index (Phi) is 6.77. The monoisotopic (exact) mass is 379 g/mol. The molecule has 3 heteroatoms. The standard InChI is InChI=1S/C25H33NO2/c1-5-23(21-12-11-19-9-7-8-10-20(19)16-21)26-25(27)24(6-2)28-22-14-17(3)13-18(4)15-22/h11-16,23-24H,5-10H2,1-4H3,(H,26,27)/t23-,24-/m0/s1. The summed E-state index contributed by atoms with van der Waals surface area (Å²) in [5.41, 5.74) is 6.42. The average molecular weight is 380 g/mol. The molecule has 0 heterocycles. The molecule has 0 aromatic heterocycles. The summed E-state index contributed by atoms with van der Waals surface area (Å²) in [7, 11) is 0. The maximum Gasteiger partial charge on any atom is 0.261 e. The first-order valence-electron chi connectivity index (χ1n) is 10.7. The molecule has 28 heavy (non-hydrogen) atoms. The summed E-state index contributed by atoms with van der Waals surface area (Å²) in [5.74, 6) is 0.729. The number of benzene rings is 2. The number of carbonyl (C=O) groups excluding carboxylic acids is 1. The lowest BCUT2D eigenvalue weighted by atomic mass is 9.88. The molecule has 1 aliphatic carbocycles. The van der Waals surface area contributed by atoms with Crippen molar-refractivity contribution in [2.45, 2.75) is 78.4 Å². The second-order valence-electron chi connectivity index (χ2n) is 8.04. The molecule has 2 atom stereocenters. The third-order valence-corrected chi connectivity index (χ3v) is 5.64. The van der Waals surface area contributed by atoms with E-state index >= 15 is 0 Å². The van der Waals surface area contributed by atoms with Gasteiger partial charge in [0, 0.05) is 0 Å². The fourth-order valence-electron chi connectivity index (χ4n) is 4.14. The second-order valence-corrected chi connectivity index (χ2v) is 8.04. The lowest BCUT2D eigenvalue weighted by Gasteiger charge is -2.24. The van der Waals surface area contributed by atoms with Crippen molar-refractivity contribution in [3.63, 3.8) is 0 Å². The van der Waals surface area contributed by atoms with E-state index in [1.165, 1.54) is 36.0 Å². The molecule has 1 aliphatic rings. The number of amides is 1. The quantitative estimate of drug-likeness (QED) is 0.679. The van der Waals surface area contributed by atoms with Crippen molar-refractivity contribution in [3.05, 3.63) is 64.2 Å². The fraction of sp³-hybridized carbons (Fsp3) is 0.480. The molecule has 1 amide bonds. The molecule has 1 N–H and O–H groups in total. The van der Waals surface area contributed by atoms with Crippen LogP contribution in [0.4, 0.5) is 0 Å². The number of rotatable bonds is 7. The number of hydrogen-bond donors (Lipinski definition) is 1. The molecule has 0 spiro atoms. The van der Waals surface area contributed by atoms with Gasteiger partial charge in [0.25, 0.3) is 5.91 Å². The van der Waals surface area contributed by atoms with Crippen LogP contribution in [-0.2, 0) is 17.6 Å². The molecule has 0 fully saturated rings. The molecule has 2 aromatic carbocycles. The van der Waals surface area contributed by atoms with Crippen molar-refractivity contribution < 1.29 is 9.53 Å². The Hall–Kier alpha value is -2.29. The highest BCUT2D eigenvalue weighted by Gasteiger charge is 2.23. The van der Waals surface area contributed by atoms with Crippen LogP contribution in [0.15, 0.2) is 36.4 Å². The van der Waals surface area contributed by atoms with Crippen LogP contribution in [0, 0.1) is 13.8 Å². The largest absolute Gasteiger partial charge is 0.481 e. The molecule has 0 radical (unpaired) electrons. The minimum atomic E-state index is -0.479. The number of fused-ring (bicyclic) bond motifs is 1. The van der Waals surface area contributed by atoms with Gasteiger partial charge in [0.1, 0.15) is 5.75 Å². The van der Waals surface area contributed by atoms with E-state index in [9.17, 15) is 4.79 Å². The van der Waals surface area contributed by atoms with E-state index in [0.717, 1.165) is 29.7 Å². The Balaban J connectivity index is 1.71. The minimum Gasteiger partial charge on any atom is -0.481 e. The number of carbonyl (C=O) groups is 1. The van der Waals surface area contributed by atoms with Gasteiger partial charge in [-0.3, -0.25) is 4.79 Å². The Labute approximate surface area is 169 Å². The number of nitrogens with one attached hydrogen (secondary N) is 1. The van der Waals surface area contributed by atoms with Gasteiger partial charge in [-0.2, -0.15) is 0 Å². The van der Waals surface area contributed by atoms with Crippen LogP contribution in [0.25, 0.3) is 0 Å². The van der Waals surface area contributed by atoms with Crippen molar-refractivity contribution in [2.24, 2.45) is 0 Å². The van der Waals surface area contributed by atoms with Crippen LogP contribution in [0.3, 0.4) is 0 Å². The van der Waals surface area contributed by atoms with Crippen molar-refractivity contribution in [1.29, 1.82) is 0 Å². The first-order chi connectivity index (χ1) is 13.5. The predicted octanol–water partition coefficient (Wildman–Crippen LogP) is 5.61. The molecule has 0 saturated heterocycles. The Morgan fingerprint density at radius 1 is 0.964 bits per heavy atom. The average Bonchev–Trinajstić information content (AvgIpc) is 2.69. The van der Waals surface area contributed by atoms with Crippen LogP contribution >= 0.6 is 0 Å². The highest BCUT2D eigenvalue weighted by atomic mass is 16.5. The zero-order valence-electron chi connectivity index (χ0n) is 17.7. The van der Waals surface area contributed by atoms with Gasteiger partial charge in [-0.15, -0.1) is 0 Å². The highest BCUT2D eigenvalue weighted by molar-refractivity contribution is 5.81. The third-order valence-electron chi connectivity index (χ3n) is 5.64. The Morgan fingerprint density at radius 2 is 1.64 bits per heavy atom. The maximum atomic E-state index is 12.9. The predicted molar refractivity (Wildman–Crippen MR) is 115 cm³/mol. The number of hydrogen-bond acceptors (Lipinski definition) is 2. The second kappa shape index (κ2) is 9.27. The van der Waals surface area contributed by atoms with Crippen LogP contribution in [0.5, 0.6) is 5.75 Å². The Morgan fingerprint density at radius 3 is 2.29 bits per heavy atom. The van der Waals surface area contributed by atoms with Crippen molar-refractivity contribution in [3.8, 4) is 5.75 Å². The van der Waals surface area contributed by atoms with Crippen LogP contribution < -0.4 is 10.1 Å². The summed E-state index contributed by atoms with van der Waals surface area (Å²) >= 11 is 0. The molecule has 3 rings (SSSR count). The van der Waals surface area contributed by atoms with E-state index in [4.69, 9.17) is 4.74 Å². The summed E-state index contributed by atoms with van der Waals surface area (Å²) in [5, 5.41) is 3.23. The van der Waals surface area contributed by atoms with E-state index in [0.29, 0.717) is 6.42 Å². The van der Waals surface area contributed by atoms with Crippen molar-refractivity contribution in [1.82, 2.24) is 5.32 Å². The van der Waals surface area contributed by atoms with E-state index in [-0.39, 0.29) is 11.9 Å². The first-order valence-corrected chi connectivity index (χ1v) is 10.7. The van der Waals surface area contributed by atoms with Crippen molar-refractivity contribution >= 4 is 5.91 Å². The number of ether oxygens (including phenoxy) is 1. The van der Waals surface area contributed by atoms with Gasteiger partial charge in [-0.1, -0.05) is 38.1 Å². The SMILES string of the molecule is CC[C@H](Oc1cc(C)cc(C)c1)C(=O)N[C@@H](CC)c1ccc2c(c1)CCCC2. The van der Waals surface area contributed by atoms with E-state index < -0.39 is 6.10 Å². The van der Waals surface area contributed by atoms with Crippen LogP contribution in [0.2, 0.25) is 0 Å². The summed E-state index contributed by atoms with van der Waals surface area (Å²) in [4.78, 5) is 12.9. The smallest absolute Gasteiger partial charge is 0.261 e. The maximum absolute atomic E-state index is 12.9. The highest BCUT2D eigenvalue weighted by Crippen LogP contribution is 2.26. The molecular weight excluding hydrogens is 346 g/mol. The third kappa shape index (κ3) is 4.95. The normalized spacial score (nSPS) is 15.4. The molecule has 0 aliphatic heterocycles. The van der Waals surface area contributed by atoms with Gasteiger partial charge in [0.15, 0.2) is 6.10 Å². The summed E-state index contributed by atoms with van der Waals surface area (Å²) in [6, 6.07) is 12.8. The summed E-state index contributed by atoms with van der Waals surface area (Å²) in [6.45, 7) is 8.21. The summed E-state index contributed by atoms with van der Waals surface area (Å²) < 4.78 is 6.05. The number of aryl methyl sites for hydroxylation is 4. The van der Waals surface area contributed by atoms with Gasteiger partial charge in [-0.05, 0) is 92.3 Å². The topological polar surface area (TPSA) is 38.3 Å². The molecular formula is C25H33NO2. The van der Waals surface area contributed by atoms with Crippen LogP contribution in [-0.4, -0.2) is 12.0 Å². The first kappa shape index (κ1) is 20.4. The van der Waals surface area contributed by atoms with E-state index in [1.807, 2.05) is 32.9 Å². The molecule has 0 bridgehead atoms. The van der Waals surface area contributed by atoms with Crippen LogP contribution in [0.1, 0.15) is 73.4 Å².